The maximum atomic E-state index is 6.53. The first-order chi connectivity index (χ1) is 15.2. The molecule has 0 spiro atoms. The van der Waals surface area contributed by atoms with Gasteiger partial charge in [-0.25, -0.2) is 0 Å². The van der Waals surface area contributed by atoms with E-state index in [0.29, 0.717) is 19.8 Å². The molecule has 1 rings (SSSR count). The van der Waals surface area contributed by atoms with Crippen molar-refractivity contribution >= 4 is 0 Å². The molecule has 0 aromatic heterocycles. The first-order valence-electron chi connectivity index (χ1n) is 13.2. The van der Waals surface area contributed by atoms with Crippen LogP contribution in [0, 0.1) is 0 Å². The summed E-state index contributed by atoms with van der Waals surface area (Å²) in [6, 6.07) is 10.8. The molecule has 0 radical (unpaired) electrons. The normalized spacial score (nSPS) is 12.9. The monoisotopic (exact) mass is 434 g/mol. The van der Waals surface area contributed by atoms with Crippen LogP contribution in [-0.4, -0.2) is 25.8 Å². The molecule has 3 nitrogen and oxygen atoms in total. The van der Waals surface area contributed by atoms with Crippen molar-refractivity contribution in [2.75, 3.05) is 19.8 Å². The molecule has 0 bridgehead atoms. The van der Waals surface area contributed by atoms with Crippen molar-refractivity contribution in [2.24, 2.45) is 0 Å². The van der Waals surface area contributed by atoms with E-state index in [2.05, 4.69) is 58.0 Å². The highest BCUT2D eigenvalue weighted by Gasteiger charge is 2.43. The first kappa shape index (κ1) is 28.1. The fourth-order valence-electron chi connectivity index (χ4n) is 3.86. The zero-order valence-corrected chi connectivity index (χ0v) is 21.0. The highest BCUT2D eigenvalue weighted by atomic mass is 16.9. The smallest absolute Gasteiger partial charge is 0.290 e. The van der Waals surface area contributed by atoms with Crippen LogP contribution >= 0.6 is 0 Å². The summed E-state index contributed by atoms with van der Waals surface area (Å²) in [4.78, 5) is 0. The zero-order valence-electron chi connectivity index (χ0n) is 21.0. The summed E-state index contributed by atoms with van der Waals surface area (Å²) >= 11 is 0. The molecule has 180 valence electrons. The van der Waals surface area contributed by atoms with Crippen molar-refractivity contribution in [1.29, 1.82) is 0 Å². The highest BCUT2D eigenvalue weighted by molar-refractivity contribution is 5.21. The molecule has 0 aliphatic heterocycles. The SMILES string of the molecule is CCCCCCCCC(c1ccccc1)C(OCCCC)(OCCCC)OCCCC. The van der Waals surface area contributed by atoms with Gasteiger partial charge in [-0.2, -0.15) is 0 Å². The summed E-state index contributed by atoms with van der Waals surface area (Å²) in [5.41, 5.74) is 1.26. The third kappa shape index (κ3) is 11.5. The van der Waals surface area contributed by atoms with Crippen LogP contribution in [0.2, 0.25) is 0 Å². The van der Waals surface area contributed by atoms with E-state index in [-0.39, 0.29) is 5.92 Å². The number of unbranched alkanes of at least 4 members (excludes halogenated alkanes) is 8. The fourth-order valence-corrected chi connectivity index (χ4v) is 3.86. The van der Waals surface area contributed by atoms with Crippen molar-refractivity contribution in [3.63, 3.8) is 0 Å². The summed E-state index contributed by atoms with van der Waals surface area (Å²) in [5.74, 6) is -0.893. The van der Waals surface area contributed by atoms with E-state index < -0.39 is 5.97 Å². The van der Waals surface area contributed by atoms with E-state index >= 15 is 0 Å². The van der Waals surface area contributed by atoms with Gasteiger partial charge in [0, 0.05) is 0 Å². The third-order valence-electron chi connectivity index (χ3n) is 5.88. The number of rotatable bonds is 21. The Morgan fingerprint density at radius 3 is 1.52 bits per heavy atom. The van der Waals surface area contributed by atoms with Gasteiger partial charge in [0.15, 0.2) is 0 Å². The quantitative estimate of drug-likeness (QED) is 0.143. The van der Waals surface area contributed by atoms with Crippen molar-refractivity contribution in [1.82, 2.24) is 0 Å². The van der Waals surface area contributed by atoms with Gasteiger partial charge in [0.05, 0.1) is 25.7 Å². The fraction of sp³-hybridized carbons (Fsp3) is 0.786. The minimum Gasteiger partial charge on any atom is -0.327 e. The molecule has 1 aromatic carbocycles. The number of hydrogen-bond acceptors (Lipinski definition) is 3. The molecule has 0 aliphatic rings. The molecule has 0 saturated carbocycles. The molecule has 0 fully saturated rings. The van der Waals surface area contributed by atoms with E-state index in [1.54, 1.807) is 0 Å². The number of benzene rings is 1. The zero-order chi connectivity index (χ0) is 22.6. The van der Waals surface area contributed by atoms with Crippen LogP contribution in [0.3, 0.4) is 0 Å². The van der Waals surface area contributed by atoms with E-state index in [9.17, 15) is 0 Å². The second-order valence-corrected chi connectivity index (χ2v) is 8.73. The van der Waals surface area contributed by atoms with Crippen LogP contribution in [0.1, 0.15) is 123 Å². The predicted molar refractivity (Wildman–Crippen MR) is 132 cm³/mol. The molecule has 0 heterocycles. The van der Waals surface area contributed by atoms with Crippen molar-refractivity contribution in [3.8, 4) is 0 Å². The van der Waals surface area contributed by atoms with E-state index in [1.165, 1.54) is 44.1 Å². The molecule has 3 heteroatoms. The molecular weight excluding hydrogens is 384 g/mol. The van der Waals surface area contributed by atoms with Gasteiger partial charge in [-0.15, -0.1) is 0 Å². The second kappa shape index (κ2) is 18.7. The number of hydrogen-bond donors (Lipinski definition) is 0. The van der Waals surface area contributed by atoms with Gasteiger partial charge in [0.1, 0.15) is 0 Å². The van der Waals surface area contributed by atoms with E-state index in [0.717, 1.165) is 44.9 Å². The van der Waals surface area contributed by atoms with Crippen molar-refractivity contribution in [2.45, 2.75) is 123 Å². The minimum atomic E-state index is -0.982. The Hall–Kier alpha value is -0.900. The summed E-state index contributed by atoms with van der Waals surface area (Å²) in [5, 5.41) is 0. The maximum absolute atomic E-state index is 6.53. The van der Waals surface area contributed by atoms with Gasteiger partial charge in [0.25, 0.3) is 5.97 Å². The molecule has 31 heavy (non-hydrogen) atoms. The van der Waals surface area contributed by atoms with Crippen LogP contribution in [0.5, 0.6) is 0 Å². The lowest BCUT2D eigenvalue weighted by atomic mass is 9.90. The maximum Gasteiger partial charge on any atom is 0.290 e. The van der Waals surface area contributed by atoms with Crippen molar-refractivity contribution < 1.29 is 14.2 Å². The Balaban J connectivity index is 3.07. The van der Waals surface area contributed by atoms with Gasteiger partial charge in [-0.3, -0.25) is 0 Å². The predicted octanol–water partition coefficient (Wildman–Crippen LogP) is 8.62. The molecule has 1 atom stereocenters. The Kier molecular flexibility index (Phi) is 16.9. The highest BCUT2D eigenvalue weighted by Crippen LogP contribution is 2.39. The average molecular weight is 435 g/mol. The lowest BCUT2D eigenvalue weighted by molar-refractivity contribution is -0.393. The Bertz CT molecular complexity index is 476. The topological polar surface area (TPSA) is 27.7 Å². The Morgan fingerprint density at radius 2 is 1.03 bits per heavy atom. The first-order valence-corrected chi connectivity index (χ1v) is 13.2. The molecule has 1 unspecified atom stereocenters. The van der Waals surface area contributed by atoms with E-state index in [4.69, 9.17) is 14.2 Å². The van der Waals surface area contributed by atoms with Gasteiger partial charge in [0.2, 0.25) is 0 Å². The summed E-state index contributed by atoms with van der Waals surface area (Å²) < 4.78 is 19.6. The van der Waals surface area contributed by atoms with Gasteiger partial charge in [-0.05, 0) is 31.2 Å². The molecule has 1 aromatic rings. The third-order valence-corrected chi connectivity index (χ3v) is 5.88. The van der Waals surface area contributed by atoms with Crippen LogP contribution in [0.4, 0.5) is 0 Å². The standard InChI is InChI=1S/C28H50O3/c1-5-9-13-14-15-19-22-27(26-20-17-16-18-21-26)28(29-23-10-6-2,30-24-11-7-3)31-25-12-8-4/h16-18,20-21,27H,5-15,19,22-25H2,1-4H3. The van der Waals surface area contributed by atoms with Gasteiger partial charge in [-0.1, -0.05) is 116 Å². The van der Waals surface area contributed by atoms with Crippen LogP contribution in [-0.2, 0) is 14.2 Å². The molecule has 0 aliphatic carbocycles. The lowest BCUT2D eigenvalue weighted by Gasteiger charge is -2.40. The second-order valence-electron chi connectivity index (χ2n) is 8.73. The van der Waals surface area contributed by atoms with Crippen LogP contribution in [0.15, 0.2) is 30.3 Å². The summed E-state index contributed by atoms with van der Waals surface area (Å²) in [6.07, 6.45) is 15.1. The minimum absolute atomic E-state index is 0.0884. The van der Waals surface area contributed by atoms with Crippen molar-refractivity contribution in [3.05, 3.63) is 35.9 Å². The van der Waals surface area contributed by atoms with Crippen LogP contribution in [0.25, 0.3) is 0 Å². The summed E-state index contributed by atoms with van der Waals surface area (Å²) in [7, 11) is 0. The van der Waals surface area contributed by atoms with Crippen LogP contribution < -0.4 is 0 Å². The lowest BCUT2D eigenvalue weighted by Crippen LogP contribution is -2.46. The largest absolute Gasteiger partial charge is 0.327 e. The molecule has 0 saturated heterocycles. The molecule has 0 amide bonds. The number of ether oxygens (including phenoxy) is 3. The molecule has 0 N–H and O–H groups in total. The Morgan fingerprint density at radius 1 is 0.581 bits per heavy atom. The molecular formula is C28H50O3. The van der Waals surface area contributed by atoms with Gasteiger partial charge >= 0.3 is 0 Å². The Labute approximate surface area is 193 Å². The van der Waals surface area contributed by atoms with E-state index in [1.807, 2.05) is 0 Å². The summed E-state index contributed by atoms with van der Waals surface area (Å²) in [6.45, 7) is 10.9. The van der Waals surface area contributed by atoms with Gasteiger partial charge < -0.3 is 14.2 Å². The average Bonchev–Trinajstić information content (AvgIpc) is 2.79.